The molecule has 37 heavy (non-hydrogen) atoms. The predicted molar refractivity (Wildman–Crippen MR) is 143 cm³/mol. The highest BCUT2D eigenvalue weighted by atomic mass is 79.9. The SMILES string of the molecule is CN(C)C1CCc2c(N(S(=O)(=O)c3ccc(F)c(Cl)c3)S(=O)(=O)c3ccc(F)c(Cl)c3)ccc(Br)c2C1. The molecule has 198 valence electrons. The van der Waals surface area contributed by atoms with E-state index in [2.05, 4.69) is 15.9 Å². The Morgan fingerprint density at radius 3 is 1.81 bits per heavy atom. The van der Waals surface area contributed by atoms with Gasteiger partial charge in [0.1, 0.15) is 11.6 Å². The number of nitrogens with zero attached hydrogens (tertiary/aromatic N) is 2. The van der Waals surface area contributed by atoms with E-state index >= 15 is 0 Å². The van der Waals surface area contributed by atoms with Crippen LogP contribution in [0.25, 0.3) is 0 Å². The number of benzene rings is 3. The minimum Gasteiger partial charge on any atom is -0.306 e. The second kappa shape index (κ2) is 10.4. The van der Waals surface area contributed by atoms with Gasteiger partial charge in [-0.1, -0.05) is 39.1 Å². The molecule has 0 N–H and O–H groups in total. The predicted octanol–water partition coefficient (Wildman–Crippen LogP) is 6.04. The van der Waals surface area contributed by atoms with E-state index in [1.54, 1.807) is 6.07 Å². The molecule has 0 bridgehead atoms. The first-order chi connectivity index (χ1) is 17.2. The third-order valence-corrected chi connectivity index (χ3v) is 11.7. The second-order valence-electron chi connectivity index (χ2n) is 8.74. The topological polar surface area (TPSA) is 74.8 Å². The number of fused-ring (bicyclic) bond motifs is 1. The summed E-state index contributed by atoms with van der Waals surface area (Å²) in [5, 5.41) is -0.982. The number of sulfonamides is 2. The van der Waals surface area contributed by atoms with Crippen molar-refractivity contribution in [2.24, 2.45) is 0 Å². The summed E-state index contributed by atoms with van der Waals surface area (Å²) in [5.74, 6) is -1.73. The van der Waals surface area contributed by atoms with Crippen LogP contribution >= 0.6 is 39.1 Å². The van der Waals surface area contributed by atoms with E-state index in [1.807, 2.05) is 19.0 Å². The molecular formula is C24H21BrCl2F2N2O4S2. The van der Waals surface area contributed by atoms with E-state index in [9.17, 15) is 25.6 Å². The molecule has 0 saturated carbocycles. The molecule has 0 heterocycles. The van der Waals surface area contributed by atoms with Gasteiger partial charge in [-0.15, -0.1) is 0 Å². The van der Waals surface area contributed by atoms with Crippen LogP contribution in [0.1, 0.15) is 17.5 Å². The molecule has 1 unspecified atom stereocenters. The highest BCUT2D eigenvalue weighted by Crippen LogP contribution is 2.41. The van der Waals surface area contributed by atoms with E-state index < -0.39 is 51.5 Å². The van der Waals surface area contributed by atoms with Crippen LogP contribution in [-0.2, 0) is 32.9 Å². The first kappa shape index (κ1) is 28.3. The van der Waals surface area contributed by atoms with Crippen molar-refractivity contribution in [1.82, 2.24) is 4.90 Å². The van der Waals surface area contributed by atoms with Gasteiger partial charge in [0.05, 0.1) is 25.5 Å². The molecule has 0 spiro atoms. The van der Waals surface area contributed by atoms with Gasteiger partial charge in [-0.2, -0.15) is 3.71 Å². The fourth-order valence-electron chi connectivity index (χ4n) is 4.27. The average Bonchev–Trinajstić information content (AvgIpc) is 2.83. The summed E-state index contributed by atoms with van der Waals surface area (Å²) in [6, 6.07) is 8.38. The van der Waals surface area contributed by atoms with E-state index in [0.29, 0.717) is 33.0 Å². The lowest BCUT2D eigenvalue weighted by Crippen LogP contribution is -2.39. The summed E-state index contributed by atoms with van der Waals surface area (Å²) >= 11 is 15.2. The molecule has 3 aromatic carbocycles. The zero-order chi connectivity index (χ0) is 27.3. The molecule has 6 nitrogen and oxygen atoms in total. The quantitative estimate of drug-likeness (QED) is 0.325. The summed E-state index contributed by atoms with van der Waals surface area (Å²) in [5.41, 5.74) is 1.21. The van der Waals surface area contributed by atoms with Gasteiger partial charge < -0.3 is 4.90 Å². The van der Waals surface area contributed by atoms with Crippen molar-refractivity contribution in [3.05, 3.63) is 85.8 Å². The normalized spacial score (nSPS) is 16.1. The van der Waals surface area contributed by atoms with Crippen LogP contribution in [0.15, 0.2) is 62.8 Å². The molecule has 0 saturated heterocycles. The zero-order valence-corrected chi connectivity index (χ0v) is 24.3. The smallest absolute Gasteiger partial charge is 0.277 e. The van der Waals surface area contributed by atoms with Crippen molar-refractivity contribution >= 4 is 64.9 Å². The van der Waals surface area contributed by atoms with Gasteiger partial charge in [-0.25, -0.2) is 25.6 Å². The third-order valence-electron chi connectivity index (χ3n) is 6.26. The maximum atomic E-state index is 14.0. The van der Waals surface area contributed by atoms with E-state index in [4.69, 9.17) is 23.2 Å². The van der Waals surface area contributed by atoms with Crippen LogP contribution in [0.2, 0.25) is 10.0 Å². The summed E-state index contributed by atoms with van der Waals surface area (Å²) < 4.78 is 84.5. The van der Waals surface area contributed by atoms with Crippen molar-refractivity contribution in [2.45, 2.75) is 35.1 Å². The molecular weight excluding hydrogens is 633 g/mol. The lowest BCUT2D eigenvalue weighted by Gasteiger charge is -2.34. The lowest BCUT2D eigenvalue weighted by atomic mass is 9.87. The number of rotatable bonds is 6. The van der Waals surface area contributed by atoms with E-state index in [0.717, 1.165) is 42.0 Å². The Bertz CT molecular complexity index is 1520. The Morgan fingerprint density at radius 1 is 0.838 bits per heavy atom. The number of likely N-dealkylation sites (N-methyl/N-ethyl adjacent to an activating group) is 1. The van der Waals surface area contributed by atoms with Gasteiger partial charge in [0.15, 0.2) is 0 Å². The molecule has 0 aliphatic heterocycles. The third kappa shape index (κ3) is 5.26. The fourth-order valence-corrected chi connectivity index (χ4v) is 9.10. The van der Waals surface area contributed by atoms with E-state index in [1.165, 1.54) is 6.07 Å². The highest BCUT2D eigenvalue weighted by molar-refractivity contribution is 9.10. The highest BCUT2D eigenvalue weighted by Gasteiger charge is 2.40. The summed E-state index contributed by atoms with van der Waals surface area (Å²) in [6.07, 6.45) is 1.60. The molecule has 0 fully saturated rings. The van der Waals surface area contributed by atoms with E-state index in [-0.39, 0.29) is 11.7 Å². The van der Waals surface area contributed by atoms with Gasteiger partial charge in [0, 0.05) is 10.5 Å². The zero-order valence-electron chi connectivity index (χ0n) is 19.6. The first-order valence-corrected chi connectivity index (χ1v) is 15.4. The van der Waals surface area contributed by atoms with Crippen molar-refractivity contribution in [1.29, 1.82) is 0 Å². The number of anilines is 1. The summed E-state index contributed by atoms with van der Waals surface area (Å²) in [6.45, 7) is 0. The number of halogens is 5. The maximum Gasteiger partial charge on any atom is 0.277 e. The molecule has 13 heteroatoms. The largest absolute Gasteiger partial charge is 0.306 e. The molecule has 1 aliphatic carbocycles. The van der Waals surface area contributed by atoms with Crippen LogP contribution in [0.4, 0.5) is 14.5 Å². The molecule has 0 aromatic heterocycles. The van der Waals surface area contributed by atoms with Crippen LogP contribution in [0, 0.1) is 11.6 Å². The molecule has 3 aromatic rings. The molecule has 0 amide bonds. The molecule has 4 rings (SSSR count). The summed E-state index contributed by atoms with van der Waals surface area (Å²) in [7, 11) is -5.86. The Balaban J connectivity index is 2.01. The van der Waals surface area contributed by atoms with Crippen molar-refractivity contribution in [2.75, 3.05) is 17.8 Å². The summed E-state index contributed by atoms with van der Waals surface area (Å²) in [4.78, 5) is 0.984. The monoisotopic (exact) mass is 652 g/mol. The Kier molecular flexibility index (Phi) is 7.96. The second-order valence-corrected chi connectivity index (χ2v) is 14.2. The van der Waals surface area contributed by atoms with Gasteiger partial charge in [-0.3, -0.25) is 0 Å². The minimum absolute atomic E-state index is 0.0868. The van der Waals surface area contributed by atoms with Gasteiger partial charge in [-0.05, 0) is 93.0 Å². The number of hydrogen-bond donors (Lipinski definition) is 0. The molecule has 1 atom stereocenters. The van der Waals surface area contributed by atoms with Gasteiger partial charge in [0.2, 0.25) is 0 Å². The Morgan fingerprint density at radius 2 is 1.35 bits per heavy atom. The van der Waals surface area contributed by atoms with Crippen LogP contribution < -0.4 is 3.71 Å². The minimum atomic E-state index is -4.87. The van der Waals surface area contributed by atoms with Crippen molar-refractivity contribution in [3.8, 4) is 0 Å². The van der Waals surface area contributed by atoms with Gasteiger partial charge >= 0.3 is 0 Å². The van der Waals surface area contributed by atoms with Crippen molar-refractivity contribution < 1.29 is 25.6 Å². The lowest BCUT2D eigenvalue weighted by molar-refractivity contribution is 0.268. The fraction of sp³-hybridized carbons (Fsp3) is 0.250. The van der Waals surface area contributed by atoms with Gasteiger partial charge in [0.25, 0.3) is 20.0 Å². The van der Waals surface area contributed by atoms with Crippen molar-refractivity contribution in [3.63, 3.8) is 0 Å². The first-order valence-electron chi connectivity index (χ1n) is 10.9. The Labute approximate surface area is 233 Å². The van der Waals surface area contributed by atoms with Crippen LogP contribution in [-0.4, -0.2) is 41.9 Å². The maximum absolute atomic E-state index is 14.0. The number of hydrogen-bond acceptors (Lipinski definition) is 5. The molecule has 0 radical (unpaired) electrons. The Hall–Kier alpha value is -1.76. The molecule has 1 aliphatic rings. The average molecular weight is 654 g/mol. The van der Waals surface area contributed by atoms with Crippen LogP contribution in [0.5, 0.6) is 0 Å². The standard InChI is InChI=1S/C24H21BrCl2F2N2O4S2/c1-30(2)14-3-6-17-18(11-14)19(25)7-10-24(17)31(36(32,33)15-4-8-22(28)20(26)12-15)37(34,35)16-5-9-23(29)21(27)13-16/h4-5,7-10,12-14H,3,6,11H2,1-2H3. The van der Waals surface area contributed by atoms with Crippen LogP contribution in [0.3, 0.4) is 0 Å².